The van der Waals surface area contributed by atoms with Crippen LogP contribution in [0.15, 0.2) is 36.4 Å². The van der Waals surface area contributed by atoms with E-state index in [1.807, 2.05) is 12.1 Å². The fraction of sp³-hybridized carbons (Fsp3) is 0.480. The maximum Gasteiger partial charge on any atom is 0.416 e. The molecule has 10 heteroatoms. The number of carbonyl (C=O) groups excluding carboxylic acids is 1. The Hall–Kier alpha value is -3.01. The first-order valence-electron chi connectivity index (χ1n) is 11.4. The number of carbonyl (C=O) groups is 1. The first-order valence-corrected chi connectivity index (χ1v) is 11.4. The molecule has 1 heterocycles. The van der Waals surface area contributed by atoms with Crippen molar-refractivity contribution in [3.63, 3.8) is 0 Å². The van der Waals surface area contributed by atoms with Gasteiger partial charge in [-0.1, -0.05) is 6.07 Å². The van der Waals surface area contributed by atoms with Crippen LogP contribution >= 0.6 is 0 Å². The molecule has 1 aliphatic heterocycles. The summed E-state index contributed by atoms with van der Waals surface area (Å²) in [6, 6.07) is 7.30. The average Bonchev–Trinajstić information content (AvgIpc) is 3.14. The summed E-state index contributed by atoms with van der Waals surface area (Å²) in [5.74, 6) is 0.259. The summed E-state index contributed by atoms with van der Waals surface area (Å²) in [4.78, 5) is 14.8. The summed E-state index contributed by atoms with van der Waals surface area (Å²) >= 11 is 0. The zero-order valence-corrected chi connectivity index (χ0v) is 19.8. The number of alkyl halides is 3. The number of urea groups is 1. The number of likely N-dealkylation sites (tertiary alicyclic amines) is 1. The standard InChI is InChI=1S/C25H29F4N3O3/c1-32-9-8-24(15-4-5-20(34-2)21(12-15)35-3)7-6-18(14-22(24)32)30-23(33)31-19-11-16(25(27,28)29)10-17(26)13-19/h4-5,10-13,18,22H,6-9,14H2,1-3H3,(H2,30,31,33)/t18-,22+,24+/m1/s1. The van der Waals surface area contributed by atoms with E-state index in [1.54, 1.807) is 14.2 Å². The molecule has 2 aliphatic rings. The lowest BCUT2D eigenvalue weighted by Gasteiger charge is -2.45. The Morgan fingerprint density at radius 3 is 2.51 bits per heavy atom. The van der Waals surface area contributed by atoms with Gasteiger partial charge in [0.25, 0.3) is 0 Å². The quantitative estimate of drug-likeness (QED) is 0.562. The van der Waals surface area contributed by atoms with Gasteiger partial charge in [0.1, 0.15) is 5.82 Å². The number of ether oxygens (including phenoxy) is 2. The summed E-state index contributed by atoms with van der Waals surface area (Å²) in [5.41, 5.74) is -0.347. The fourth-order valence-corrected chi connectivity index (χ4v) is 5.57. The maximum atomic E-state index is 13.7. The number of amides is 2. The van der Waals surface area contributed by atoms with E-state index in [-0.39, 0.29) is 23.2 Å². The van der Waals surface area contributed by atoms with E-state index in [9.17, 15) is 22.4 Å². The highest BCUT2D eigenvalue weighted by Crippen LogP contribution is 2.49. The van der Waals surface area contributed by atoms with Crippen LogP contribution in [0.4, 0.5) is 28.0 Å². The number of benzene rings is 2. The van der Waals surface area contributed by atoms with Gasteiger partial charge < -0.3 is 25.0 Å². The van der Waals surface area contributed by atoms with E-state index in [2.05, 4.69) is 28.6 Å². The number of likely N-dealkylation sites (N-methyl/N-ethyl adjacent to an activating group) is 1. The average molecular weight is 496 g/mol. The van der Waals surface area contributed by atoms with Crippen LogP contribution in [0.1, 0.15) is 36.8 Å². The molecule has 2 aromatic carbocycles. The second kappa shape index (κ2) is 9.56. The molecule has 35 heavy (non-hydrogen) atoms. The SMILES string of the molecule is COc1ccc([C@@]23CC[C@@H](NC(=O)Nc4cc(F)cc(C(F)(F)F)c4)C[C@@H]2N(C)CC3)cc1OC. The molecule has 1 aliphatic carbocycles. The van der Waals surface area contributed by atoms with Crippen molar-refractivity contribution in [2.24, 2.45) is 0 Å². The molecule has 0 unspecified atom stereocenters. The van der Waals surface area contributed by atoms with Gasteiger partial charge in [0.05, 0.1) is 19.8 Å². The number of methoxy groups -OCH3 is 2. The van der Waals surface area contributed by atoms with Crippen LogP contribution in [0.3, 0.4) is 0 Å². The summed E-state index contributed by atoms with van der Waals surface area (Å²) in [7, 11) is 5.26. The minimum Gasteiger partial charge on any atom is -0.493 e. The molecule has 6 nitrogen and oxygen atoms in total. The first kappa shape index (κ1) is 25.1. The summed E-state index contributed by atoms with van der Waals surface area (Å²) in [6.45, 7) is 0.904. The predicted molar refractivity (Wildman–Crippen MR) is 123 cm³/mol. The molecule has 2 aromatic rings. The molecule has 2 N–H and O–H groups in total. The highest BCUT2D eigenvalue weighted by Gasteiger charge is 2.50. The number of hydrogen-bond acceptors (Lipinski definition) is 4. The normalized spacial score (nSPS) is 24.5. The first-order chi connectivity index (χ1) is 16.6. The van der Waals surface area contributed by atoms with Crippen LogP contribution in [0.25, 0.3) is 0 Å². The second-order valence-electron chi connectivity index (χ2n) is 9.27. The van der Waals surface area contributed by atoms with E-state index in [0.29, 0.717) is 30.4 Å². The molecular formula is C25H29F4N3O3. The molecule has 4 rings (SSSR count). The molecule has 3 atom stereocenters. The fourth-order valence-electron chi connectivity index (χ4n) is 5.57. The number of nitrogens with one attached hydrogen (secondary N) is 2. The Balaban J connectivity index is 1.47. The smallest absolute Gasteiger partial charge is 0.416 e. The molecule has 2 fully saturated rings. The van der Waals surface area contributed by atoms with Crippen LogP contribution in [-0.2, 0) is 11.6 Å². The molecule has 2 amide bonds. The van der Waals surface area contributed by atoms with Crippen LogP contribution in [0, 0.1) is 5.82 Å². The third-order valence-corrected chi connectivity index (χ3v) is 7.30. The van der Waals surface area contributed by atoms with Crippen molar-refractivity contribution in [1.29, 1.82) is 0 Å². The number of hydrogen-bond donors (Lipinski definition) is 2. The van der Waals surface area contributed by atoms with Crippen molar-refractivity contribution >= 4 is 11.7 Å². The minimum atomic E-state index is -4.71. The maximum absolute atomic E-state index is 13.7. The van der Waals surface area contributed by atoms with Crippen LogP contribution in [0.5, 0.6) is 11.5 Å². The number of halogens is 4. The zero-order chi connectivity index (χ0) is 25.4. The molecule has 0 bridgehead atoms. The van der Waals surface area contributed by atoms with Crippen LogP contribution in [-0.4, -0.2) is 50.8 Å². The van der Waals surface area contributed by atoms with E-state index in [4.69, 9.17) is 9.47 Å². The topological polar surface area (TPSA) is 62.8 Å². The van der Waals surface area contributed by atoms with Crippen molar-refractivity contribution in [2.75, 3.05) is 33.1 Å². The summed E-state index contributed by atoms with van der Waals surface area (Å²) in [5, 5.41) is 5.21. The van der Waals surface area contributed by atoms with Crippen molar-refractivity contribution in [2.45, 2.75) is 49.4 Å². The lowest BCUT2D eigenvalue weighted by atomic mass is 9.65. The van der Waals surface area contributed by atoms with Gasteiger partial charge in [0.2, 0.25) is 0 Å². The van der Waals surface area contributed by atoms with Gasteiger partial charge in [0.15, 0.2) is 11.5 Å². The highest BCUT2D eigenvalue weighted by molar-refractivity contribution is 5.89. The molecular weight excluding hydrogens is 466 g/mol. The van der Waals surface area contributed by atoms with Gasteiger partial charge >= 0.3 is 12.2 Å². The third-order valence-electron chi connectivity index (χ3n) is 7.30. The Kier molecular flexibility index (Phi) is 6.86. The van der Waals surface area contributed by atoms with Gasteiger partial charge in [-0.05, 0) is 75.2 Å². The van der Waals surface area contributed by atoms with Crippen LogP contribution in [0.2, 0.25) is 0 Å². The number of anilines is 1. The molecule has 0 aromatic heterocycles. The minimum absolute atomic E-state index is 0.104. The van der Waals surface area contributed by atoms with E-state index in [0.717, 1.165) is 37.1 Å². The Morgan fingerprint density at radius 2 is 1.83 bits per heavy atom. The van der Waals surface area contributed by atoms with Gasteiger partial charge in [-0.2, -0.15) is 13.2 Å². The Bertz CT molecular complexity index is 1090. The number of fused-ring (bicyclic) bond motifs is 1. The molecule has 0 spiro atoms. The second-order valence-corrected chi connectivity index (χ2v) is 9.27. The van der Waals surface area contributed by atoms with Gasteiger partial charge in [0, 0.05) is 23.2 Å². The van der Waals surface area contributed by atoms with Gasteiger partial charge in [-0.25, -0.2) is 9.18 Å². The van der Waals surface area contributed by atoms with E-state index in [1.165, 1.54) is 0 Å². The number of nitrogens with zero attached hydrogens (tertiary/aromatic N) is 1. The van der Waals surface area contributed by atoms with Crippen molar-refractivity contribution in [1.82, 2.24) is 10.2 Å². The Morgan fingerprint density at radius 1 is 1.09 bits per heavy atom. The van der Waals surface area contributed by atoms with Crippen molar-refractivity contribution < 1.29 is 31.8 Å². The summed E-state index contributed by atoms with van der Waals surface area (Å²) in [6.07, 6.45) is -1.55. The largest absolute Gasteiger partial charge is 0.493 e. The lowest BCUT2D eigenvalue weighted by molar-refractivity contribution is -0.137. The number of rotatable bonds is 5. The predicted octanol–water partition coefficient (Wildman–Crippen LogP) is 5.18. The lowest BCUT2D eigenvalue weighted by Crippen LogP contribution is -2.52. The van der Waals surface area contributed by atoms with Crippen LogP contribution < -0.4 is 20.1 Å². The van der Waals surface area contributed by atoms with Gasteiger partial charge in [-0.3, -0.25) is 0 Å². The molecule has 1 saturated heterocycles. The van der Waals surface area contributed by atoms with Gasteiger partial charge in [-0.15, -0.1) is 0 Å². The third kappa shape index (κ3) is 5.03. The molecule has 1 saturated carbocycles. The zero-order valence-electron chi connectivity index (χ0n) is 19.8. The van der Waals surface area contributed by atoms with Crippen molar-refractivity contribution in [3.8, 4) is 11.5 Å². The molecule has 0 radical (unpaired) electrons. The Labute approximate surface area is 201 Å². The van der Waals surface area contributed by atoms with E-state index < -0.39 is 23.6 Å². The monoisotopic (exact) mass is 495 g/mol. The van der Waals surface area contributed by atoms with E-state index >= 15 is 0 Å². The molecule has 190 valence electrons. The summed E-state index contributed by atoms with van der Waals surface area (Å²) < 4.78 is 63.5. The highest BCUT2D eigenvalue weighted by atomic mass is 19.4. The van der Waals surface area contributed by atoms with Crippen molar-refractivity contribution in [3.05, 3.63) is 53.3 Å².